The van der Waals surface area contributed by atoms with Gasteiger partial charge in [0.1, 0.15) is 65.3 Å². The average molecular weight is 1330 g/mol. The minimum Gasteiger partial charge on any atom is -0.870 e. The first-order valence-corrected chi connectivity index (χ1v) is 32.0. The van der Waals surface area contributed by atoms with E-state index in [-0.39, 0.29) is 126 Å². The van der Waals surface area contributed by atoms with Crippen LogP contribution in [0.25, 0.3) is 0 Å². The predicted molar refractivity (Wildman–Crippen MR) is 344 cm³/mol. The molecule has 9 N–H and O–H groups in total. The standard InChI is InChI=1S/C23H27N5O3.C19H23N5O2.C14H16BrNO2.C9H12N4O.K.H2O/c1-13-10-16(22(31)28-18(13)17(29)11-23(28)8-4-3-5-9-23)26-19-14(2)20(25-12-24-19)27-21(30)15-6-7-15;1-11-8-13(23-17-12(2)16(20)21-10-22-17)18(26)24-15(11)14(25)9-19(24)6-4-3-5-7-19;1-9-7-10(15)13(18)16-12(9)11(17)8-14(16)5-3-2-4-6-14;1-5-7(10)11-4-12-8(5)13-9(14)6-2-3-6;;/h10,12,15H,3-9,11H2,1-2H3,(H2,24,25,26,27,30);8,10H,3-7,9H2,1-2H3,(H3,20,21,22,23);7H,2-6,8H2,1H3;4,6H,2-3H2,1H3,(H3,10,11,12,13,14);;1H2/q;;;;+1;/p-1. The number of rotatable bonds is 8. The number of pyridine rings is 3. The molecule has 8 aliphatic rings. The molecular formula is C65H79BrKN15O9. The van der Waals surface area contributed by atoms with Crippen molar-refractivity contribution in [2.75, 3.05) is 32.7 Å². The first-order valence-electron chi connectivity index (χ1n) is 31.2. The van der Waals surface area contributed by atoms with E-state index in [0.717, 1.165) is 138 Å². The summed E-state index contributed by atoms with van der Waals surface area (Å²) in [6, 6.07) is 5.25. The van der Waals surface area contributed by atoms with E-state index in [1.54, 1.807) is 38.8 Å². The number of hydrogen-bond acceptors (Lipinski definition) is 19. The van der Waals surface area contributed by atoms with Gasteiger partial charge in [0.15, 0.2) is 17.3 Å². The van der Waals surface area contributed by atoms with E-state index in [0.29, 0.717) is 98.2 Å². The average Bonchev–Trinajstić information content (AvgIpc) is 1.63. The third kappa shape index (κ3) is 13.7. The first-order chi connectivity index (χ1) is 42.6. The Hall–Kier alpha value is -6.68. The van der Waals surface area contributed by atoms with Crippen molar-refractivity contribution in [3.63, 3.8) is 0 Å². The summed E-state index contributed by atoms with van der Waals surface area (Å²) in [5.74, 6) is 3.26. The quantitative estimate of drug-likeness (QED) is 0.0825. The van der Waals surface area contributed by atoms with E-state index in [1.165, 1.54) is 25.4 Å². The molecule has 0 saturated heterocycles. The van der Waals surface area contributed by atoms with Gasteiger partial charge in [-0.2, -0.15) is 0 Å². The van der Waals surface area contributed by atoms with Crippen molar-refractivity contribution >= 4 is 91.4 Å². The Kier molecular flexibility index (Phi) is 21.0. The van der Waals surface area contributed by atoms with E-state index in [4.69, 9.17) is 11.5 Å². The van der Waals surface area contributed by atoms with Crippen LogP contribution < -0.4 is 101 Å². The number of carbonyl (C=O) groups excluding carboxylic acids is 5. The molecule has 5 aliphatic carbocycles. The number of anilines is 8. The van der Waals surface area contributed by atoms with Gasteiger partial charge >= 0.3 is 51.4 Å². The monoisotopic (exact) mass is 1330 g/mol. The van der Waals surface area contributed by atoms with Crippen molar-refractivity contribution in [3.05, 3.63) is 123 Å². The predicted octanol–water partition coefficient (Wildman–Crippen LogP) is 7.13. The van der Waals surface area contributed by atoms with E-state index < -0.39 is 5.54 Å². The van der Waals surface area contributed by atoms with E-state index >= 15 is 0 Å². The number of nitrogen functional groups attached to an aromatic ring is 2. The summed E-state index contributed by atoms with van der Waals surface area (Å²) in [6.07, 6.45) is 24.6. The van der Waals surface area contributed by atoms with Crippen molar-refractivity contribution in [1.82, 2.24) is 43.6 Å². The Labute approximate surface area is 578 Å². The number of carbonyl (C=O) groups is 5. The molecule has 6 aromatic heterocycles. The molecule has 476 valence electrons. The van der Waals surface area contributed by atoms with Crippen LogP contribution in [-0.2, 0) is 26.2 Å². The topological polar surface area (TPSA) is 359 Å². The van der Waals surface area contributed by atoms with Gasteiger partial charge in [-0.15, -0.1) is 0 Å². The number of aryl methyl sites for hydroxylation is 3. The van der Waals surface area contributed by atoms with Gasteiger partial charge in [0.05, 0.1) is 38.2 Å². The number of amides is 2. The molecule has 0 bridgehead atoms. The largest absolute Gasteiger partial charge is 1.00 e. The zero-order valence-electron chi connectivity index (χ0n) is 52.9. The minimum absolute atomic E-state index is 0. The van der Waals surface area contributed by atoms with Gasteiger partial charge in [-0.05, 0) is 157 Å². The SMILES string of the molecule is Cc1c(N)ncnc1NC(=O)C1CC1.Cc1cc(Br)c(=O)n2c1C(=O)CC21CCCCC1.Cc1cc(Nc2ncnc(N)c2C)c(=O)n2c1C(=O)CC21CCCCC1.Cc1cc(Nc2ncnc(NC(=O)C3CC3)c2C)c(=O)n2c1C(=O)CC21CCCCC1.[K+].[OH-]. The molecule has 0 unspecified atom stereocenters. The number of fused-ring (bicyclic) bond motifs is 6. The molecule has 5 saturated carbocycles. The second-order valence-electron chi connectivity index (χ2n) is 25.7. The summed E-state index contributed by atoms with van der Waals surface area (Å²) in [5.41, 5.74) is 17.3. The Morgan fingerprint density at radius 3 is 1.14 bits per heavy atom. The molecule has 0 atom stereocenters. The molecule has 0 radical (unpaired) electrons. The van der Waals surface area contributed by atoms with Crippen LogP contribution in [0, 0.1) is 53.4 Å². The fourth-order valence-corrected chi connectivity index (χ4v) is 14.8. The number of nitrogens with zero attached hydrogens (tertiary/aromatic N) is 9. The van der Waals surface area contributed by atoms with Gasteiger partial charge in [0.2, 0.25) is 11.8 Å². The number of nitrogens with one attached hydrogen (secondary N) is 4. The smallest absolute Gasteiger partial charge is 0.870 e. The minimum atomic E-state index is -0.395. The van der Waals surface area contributed by atoms with Gasteiger partial charge in [-0.25, -0.2) is 29.9 Å². The molecule has 91 heavy (non-hydrogen) atoms. The maximum Gasteiger partial charge on any atom is 1.00 e. The molecular weight excluding hydrogens is 1250 g/mol. The van der Waals surface area contributed by atoms with Crippen LogP contribution in [-0.4, -0.2) is 78.2 Å². The van der Waals surface area contributed by atoms with Crippen LogP contribution in [0.3, 0.4) is 0 Å². The normalized spacial score (nSPS) is 18.3. The van der Waals surface area contributed by atoms with Crippen LogP contribution in [0.1, 0.15) is 206 Å². The number of halogens is 1. The van der Waals surface area contributed by atoms with Gasteiger partial charge in [-0.1, -0.05) is 57.8 Å². The zero-order chi connectivity index (χ0) is 63.3. The van der Waals surface area contributed by atoms with E-state index in [1.807, 2.05) is 34.6 Å². The number of ketones is 3. The van der Waals surface area contributed by atoms with Crippen molar-refractivity contribution < 1.29 is 80.8 Å². The van der Waals surface area contributed by atoms with E-state index in [2.05, 4.69) is 67.1 Å². The van der Waals surface area contributed by atoms with Crippen molar-refractivity contribution in [2.24, 2.45) is 11.8 Å². The third-order valence-electron chi connectivity index (χ3n) is 19.4. The van der Waals surface area contributed by atoms with Crippen LogP contribution in [0.4, 0.5) is 46.3 Å². The molecule has 0 aromatic carbocycles. The Morgan fingerprint density at radius 2 is 0.769 bits per heavy atom. The first kappa shape index (κ1) is 68.7. The maximum atomic E-state index is 13.5. The van der Waals surface area contributed by atoms with Crippen LogP contribution in [0.5, 0.6) is 0 Å². The van der Waals surface area contributed by atoms with Crippen LogP contribution in [0.15, 0.2) is 56.0 Å². The number of Topliss-reactive ketones (excluding diaryl/α,β-unsaturated/α-hetero) is 3. The molecule has 2 amide bonds. The molecule has 9 heterocycles. The van der Waals surface area contributed by atoms with Gasteiger partial charge in [0, 0.05) is 47.8 Å². The Morgan fingerprint density at radius 1 is 0.462 bits per heavy atom. The molecule has 26 heteroatoms. The van der Waals surface area contributed by atoms with Crippen molar-refractivity contribution in [2.45, 2.75) is 199 Å². The van der Waals surface area contributed by atoms with Crippen LogP contribution in [0.2, 0.25) is 0 Å². The van der Waals surface area contributed by atoms with E-state index in [9.17, 15) is 38.4 Å². The third-order valence-corrected chi connectivity index (χ3v) is 20.0. The summed E-state index contributed by atoms with van der Waals surface area (Å²) in [6.45, 7) is 11.1. The second-order valence-corrected chi connectivity index (χ2v) is 26.6. The van der Waals surface area contributed by atoms with Gasteiger partial charge in [-0.3, -0.25) is 52.1 Å². The fourth-order valence-electron chi connectivity index (χ4n) is 14.2. The molecule has 3 aliphatic heterocycles. The fraction of sp³-hybridized carbons (Fsp3) is 0.508. The number of aromatic nitrogens is 9. The zero-order valence-corrected chi connectivity index (χ0v) is 57.7. The summed E-state index contributed by atoms with van der Waals surface area (Å²) in [4.78, 5) is 125. The molecule has 5 fully saturated rings. The number of nitrogens with two attached hydrogens (primary N) is 2. The van der Waals surface area contributed by atoms with Crippen LogP contribution >= 0.6 is 15.9 Å². The van der Waals surface area contributed by atoms with Crippen molar-refractivity contribution in [3.8, 4) is 0 Å². The molecule has 24 nitrogen and oxygen atoms in total. The molecule has 3 spiro atoms. The van der Waals surface area contributed by atoms with Crippen molar-refractivity contribution in [1.29, 1.82) is 0 Å². The maximum absolute atomic E-state index is 13.5. The summed E-state index contributed by atoms with van der Waals surface area (Å²) >= 11 is 3.32. The molecule has 6 aromatic rings. The molecule has 14 rings (SSSR count). The second kappa shape index (κ2) is 27.9. The Bertz CT molecular complexity index is 4060. The Balaban J connectivity index is 0.000000148. The number of hydrogen-bond donors (Lipinski definition) is 6. The summed E-state index contributed by atoms with van der Waals surface area (Å²) in [5, 5.41) is 11.9. The summed E-state index contributed by atoms with van der Waals surface area (Å²) in [7, 11) is 0. The summed E-state index contributed by atoms with van der Waals surface area (Å²) < 4.78 is 5.90. The van der Waals surface area contributed by atoms with Gasteiger partial charge < -0.3 is 38.2 Å². The van der Waals surface area contributed by atoms with Gasteiger partial charge in [0.25, 0.3) is 16.7 Å².